The smallest absolute Gasteiger partial charge is 0.253 e. The van der Waals surface area contributed by atoms with Gasteiger partial charge in [0, 0.05) is 43.8 Å². The summed E-state index contributed by atoms with van der Waals surface area (Å²) >= 11 is 0. The molecule has 0 aliphatic carbocycles. The molecule has 4 heterocycles. The first kappa shape index (κ1) is 14.8. The van der Waals surface area contributed by atoms with Gasteiger partial charge in [-0.1, -0.05) is 0 Å². The number of likely N-dealkylation sites (tertiary alicyclic amines) is 1. The van der Waals surface area contributed by atoms with E-state index in [9.17, 15) is 9.59 Å². The summed E-state index contributed by atoms with van der Waals surface area (Å²) in [6.45, 7) is 1.95. The molecule has 0 N–H and O–H groups in total. The Morgan fingerprint density at radius 3 is 2.42 bits per heavy atom. The summed E-state index contributed by atoms with van der Waals surface area (Å²) in [5.41, 5.74) is 1.20. The number of nitrogens with zero attached hydrogens (tertiary/aromatic N) is 4. The standard InChI is InChI=1S/C18H18N4O2/c23-16(14-3-8-19-9-4-14)21-10-5-18(6-11-21)13-22(17(18)24)15-2-1-7-20-12-15/h1-4,7-9,12H,5-6,10-11,13H2. The van der Waals surface area contributed by atoms with Crippen molar-refractivity contribution in [3.05, 3.63) is 54.6 Å². The van der Waals surface area contributed by atoms with E-state index >= 15 is 0 Å². The zero-order chi connectivity index (χ0) is 16.6. The lowest BCUT2D eigenvalue weighted by molar-refractivity contribution is -0.138. The molecule has 2 aliphatic heterocycles. The van der Waals surface area contributed by atoms with Gasteiger partial charge in [-0.2, -0.15) is 0 Å². The van der Waals surface area contributed by atoms with Crippen LogP contribution >= 0.6 is 0 Å². The summed E-state index contributed by atoms with van der Waals surface area (Å²) in [6, 6.07) is 7.19. The quantitative estimate of drug-likeness (QED) is 0.790. The van der Waals surface area contributed by atoms with E-state index in [2.05, 4.69) is 9.97 Å². The molecule has 0 atom stereocenters. The van der Waals surface area contributed by atoms with Crippen LogP contribution in [0.15, 0.2) is 49.1 Å². The van der Waals surface area contributed by atoms with Crippen molar-refractivity contribution in [3.63, 3.8) is 0 Å². The van der Waals surface area contributed by atoms with E-state index in [0.29, 0.717) is 18.7 Å². The Morgan fingerprint density at radius 1 is 1.04 bits per heavy atom. The Labute approximate surface area is 140 Å². The summed E-state index contributed by atoms with van der Waals surface area (Å²) in [5.74, 6) is 0.176. The molecular weight excluding hydrogens is 304 g/mol. The Kier molecular flexibility index (Phi) is 3.52. The lowest BCUT2D eigenvalue weighted by Gasteiger charge is -2.52. The van der Waals surface area contributed by atoms with E-state index < -0.39 is 0 Å². The second-order valence-corrected chi connectivity index (χ2v) is 6.41. The summed E-state index contributed by atoms with van der Waals surface area (Å²) in [6.07, 6.45) is 8.11. The average Bonchev–Trinajstić information content (AvgIpc) is 2.67. The summed E-state index contributed by atoms with van der Waals surface area (Å²) < 4.78 is 0. The van der Waals surface area contributed by atoms with E-state index in [1.165, 1.54) is 0 Å². The van der Waals surface area contributed by atoms with Gasteiger partial charge in [-0.25, -0.2) is 0 Å². The molecule has 24 heavy (non-hydrogen) atoms. The number of carbonyl (C=O) groups excluding carboxylic acids is 2. The largest absolute Gasteiger partial charge is 0.339 e. The average molecular weight is 322 g/mol. The van der Waals surface area contributed by atoms with Crippen LogP contribution in [0.5, 0.6) is 0 Å². The fourth-order valence-corrected chi connectivity index (χ4v) is 3.55. The van der Waals surface area contributed by atoms with Gasteiger partial charge in [0.05, 0.1) is 17.3 Å². The van der Waals surface area contributed by atoms with Crippen LogP contribution in [-0.2, 0) is 4.79 Å². The maximum absolute atomic E-state index is 12.7. The molecule has 0 unspecified atom stereocenters. The molecule has 1 spiro atoms. The van der Waals surface area contributed by atoms with Gasteiger partial charge in [-0.15, -0.1) is 0 Å². The Bertz CT molecular complexity index is 755. The van der Waals surface area contributed by atoms with Gasteiger partial charge in [0.25, 0.3) is 5.91 Å². The van der Waals surface area contributed by atoms with Crippen LogP contribution in [0.25, 0.3) is 0 Å². The summed E-state index contributed by atoms with van der Waals surface area (Å²) in [4.78, 5) is 36.8. The molecule has 2 saturated heterocycles. The summed E-state index contributed by atoms with van der Waals surface area (Å²) in [5, 5.41) is 0. The topological polar surface area (TPSA) is 66.4 Å². The van der Waals surface area contributed by atoms with Crippen molar-refractivity contribution in [1.29, 1.82) is 0 Å². The zero-order valence-electron chi connectivity index (χ0n) is 13.3. The third-order valence-electron chi connectivity index (χ3n) is 5.05. The van der Waals surface area contributed by atoms with Crippen molar-refractivity contribution in [3.8, 4) is 0 Å². The molecule has 6 nitrogen and oxygen atoms in total. The van der Waals surface area contributed by atoms with Gasteiger partial charge in [0.1, 0.15) is 0 Å². The number of β-lactam (4-membered cyclic amide) rings is 1. The number of anilines is 1. The summed E-state index contributed by atoms with van der Waals surface area (Å²) in [7, 11) is 0. The first-order valence-electron chi connectivity index (χ1n) is 8.11. The van der Waals surface area contributed by atoms with Crippen molar-refractivity contribution in [2.75, 3.05) is 24.5 Å². The lowest BCUT2D eigenvalue weighted by Crippen LogP contribution is -2.65. The van der Waals surface area contributed by atoms with Crippen molar-refractivity contribution >= 4 is 17.5 Å². The second-order valence-electron chi connectivity index (χ2n) is 6.41. The maximum Gasteiger partial charge on any atom is 0.253 e. The van der Waals surface area contributed by atoms with Gasteiger partial charge < -0.3 is 9.80 Å². The molecule has 2 amide bonds. The van der Waals surface area contributed by atoms with Crippen LogP contribution in [0.2, 0.25) is 0 Å². The highest BCUT2D eigenvalue weighted by atomic mass is 16.2. The third-order valence-corrected chi connectivity index (χ3v) is 5.05. The van der Waals surface area contributed by atoms with Crippen LogP contribution < -0.4 is 4.90 Å². The van der Waals surface area contributed by atoms with Crippen LogP contribution in [0, 0.1) is 5.41 Å². The fraction of sp³-hybridized carbons (Fsp3) is 0.333. The molecule has 0 aromatic carbocycles. The number of rotatable bonds is 2. The minimum absolute atomic E-state index is 0.0168. The monoisotopic (exact) mass is 322 g/mol. The molecule has 122 valence electrons. The van der Waals surface area contributed by atoms with Crippen LogP contribution in [0.1, 0.15) is 23.2 Å². The van der Waals surface area contributed by atoms with Crippen molar-refractivity contribution in [2.45, 2.75) is 12.8 Å². The normalized spacial score (nSPS) is 19.2. The molecule has 6 heteroatoms. The van der Waals surface area contributed by atoms with Gasteiger partial charge >= 0.3 is 0 Å². The minimum atomic E-state index is -0.301. The second kappa shape index (κ2) is 5.70. The molecule has 2 aromatic heterocycles. The highest BCUT2D eigenvalue weighted by Gasteiger charge is 2.53. The minimum Gasteiger partial charge on any atom is -0.339 e. The third kappa shape index (κ3) is 2.35. The highest BCUT2D eigenvalue weighted by molar-refractivity contribution is 6.04. The number of pyridine rings is 2. The number of hydrogen-bond acceptors (Lipinski definition) is 4. The lowest BCUT2D eigenvalue weighted by atomic mass is 9.71. The number of amides is 2. The predicted octanol–water partition coefficient (Wildman–Crippen LogP) is 1.75. The van der Waals surface area contributed by atoms with Gasteiger partial charge in [-0.3, -0.25) is 19.6 Å². The van der Waals surface area contributed by atoms with E-state index in [4.69, 9.17) is 0 Å². The molecule has 4 rings (SSSR count). The van der Waals surface area contributed by atoms with Crippen LogP contribution in [0.4, 0.5) is 5.69 Å². The molecule has 2 fully saturated rings. The number of aromatic nitrogens is 2. The Balaban J connectivity index is 1.40. The SMILES string of the molecule is O=C(c1ccncc1)N1CCC2(CC1)CN(c1cccnc1)C2=O. The van der Waals surface area contributed by atoms with Gasteiger partial charge in [-0.05, 0) is 37.1 Å². The van der Waals surface area contributed by atoms with E-state index in [-0.39, 0.29) is 17.2 Å². The Morgan fingerprint density at radius 2 is 1.79 bits per heavy atom. The maximum atomic E-state index is 12.7. The first-order chi connectivity index (χ1) is 11.7. The molecule has 0 saturated carbocycles. The number of hydrogen-bond donors (Lipinski definition) is 0. The van der Waals surface area contributed by atoms with Crippen LogP contribution in [0.3, 0.4) is 0 Å². The van der Waals surface area contributed by atoms with E-state index in [1.807, 2.05) is 17.0 Å². The molecule has 2 aromatic rings. The Hall–Kier alpha value is -2.76. The zero-order valence-corrected chi connectivity index (χ0v) is 13.3. The number of piperidine rings is 1. The molecule has 0 radical (unpaired) electrons. The highest BCUT2D eigenvalue weighted by Crippen LogP contribution is 2.43. The molecular formula is C18H18N4O2. The molecule has 2 aliphatic rings. The first-order valence-corrected chi connectivity index (χ1v) is 8.11. The van der Waals surface area contributed by atoms with Gasteiger partial charge in [0.15, 0.2) is 0 Å². The number of carbonyl (C=O) groups is 2. The molecule has 0 bridgehead atoms. The fourth-order valence-electron chi connectivity index (χ4n) is 3.55. The van der Waals surface area contributed by atoms with Crippen molar-refractivity contribution < 1.29 is 9.59 Å². The van der Waals surface area contributed by atoms with Gasteiger partial charge in [0.2, 0.25) is 5.91 Å². The van der Waals surface area contributed by atoms with Crippen molar-refractivity contribution in [1.82, 2.24) is 14.9 Å². The van der Waals surface area contributed by atoms with E-state index in [1.54, 1.807) is 41.8 Å². The van der Waals surface area contributed by atoms with E-state index in [0.717, 1.165) is 25.1 Å². The predicted molar refractivity (Wildman–Crippen MR) is 88.4 cm³/mol. The van der Waals surface area contributed by atoms with Crippen molar-refractivity contribution in [2.24, 2.45) is 5.41 Å². The van der Waals surface area contributed by atoms with Crippen LogP contribution in [-0.4, -0.2) is 46.3 Å².